The molecule has 0 unspecified atom stereocenters. The number of carboxylic acids is 1. The van der Waals surface area contributed by atoms with Crippen molar-refractivity contribution in [3.8, 4) is 22.3 Å². The molecule has 0 radical (unpaired) electrons. The third-order valence-corrected chi connectivity index (χ3v) is 7.81. The molecular formula is C37H40FN2NaO7. The zero-order valence-corrected chi connectivity index (χ0v) is 29.7. The summed E-state index contributed by atoms with van der Waals surface area (Å²) in [6, 6.07) is 22.0. The molecule has 48 heavy (non-hydrogen) atoms. The number of aliphatic hydroxyl groups excluding tert-OH is 2. The fourth-order valence-electron chi connectivity index (χ4n) is 5.74. The smallest absolute Gasteiger partial charge is 0.550 e. The molecule has 9 nitrogen and oxygen atoms in total. The number of carboxylic acid groups (broad SMARTS) is 1. The molecule has 2 atom stereocenters. The van der Waals surface area contributed by atoms with E-state index >= 15 is 0 Å². The standard InChI is InChI=1S/C37H41FN2O7.Na/c1-4-47-37(46)27-12-10-24(11-13-27)22-39-36(45)35-34(25-8-6-5-7-9-25)33(26-14-16-28(38)17-15-26)31(40(35)23(2)3)19-18-29(41)20-30(42)21-32(43)44;/h5-17,23,29-30,41-42H,4,18-22H2,1-3H3,(H,39,45)(H,43,44);/q;+1/p-1/t29-,30-;/m1./s1. The summed E-state index contributed by atoms with van der Waals surface area (Å²) in [7, 11) is 0. The van der Waals surface area contributed by atoms with E-state index in [0.29, 0.717) is 27.9 Å². The monoisotopic (exact) mass is 666 g/mol. The van der Waals surface area contributed by atoms with E-state index < -0.39 is 36.4 Å². The Morgan fingerprint density at radius 3 is 2.10 bits per heavy atom. The summed E-state index contributed by atoms with van der Waals surface area (Å²) in [5.41, 5.74) is 5.07. The summed E-state index contributed by atoms with van der Waals surface area (Å²) < 4.78 is 21.1. The summed E-state index contributed by atoms with van der Waals surface area (Å²) in [5, 5.41) is 34.8. The van der Waals surface area contributed by atoms with Crippen LogP contribution >= 0.6 is 0 Å². The van der Waals surface area contributed by atoms with Crippen molar-refractivity contribution in [3.63, 3.8) is 0 Å². The summed E-state index contributed by atoms with van der Waals surface area (Å²) >= 11 is 0. The van der Waals surface area contributed by atoms with Crippen LogP contribution in [0, 0.1) is 5.82 Å². The number of aliphatic carboxylic acids is 1. The summed E-state index contributed by atoms with van der Waals surface area (Å²) in [6.07, 6.45) is -2.61. The molecule has 0 spiro atoms. The molecule has 4 rings (SSSR count). The van der Waals surface area contributed by atoms with Gasteiger partial charge in [0.2, 0.25) is 0 Å². The Hall–Kier alpha value is -3.80. The normalized spacial score (nSPS) is 12.2. The second-order valence-electron chi connectivity index (χ2n) is 11.6. The van der Waals surface area contributed by atoms with E-state index in [1.54, 1.807) is 43.3 Å². The number of ether oxygens (including phenoxy) is 1. The first kappa shape index (κ1) is 38.6. The van der Waals surface area contributed by atoms with Crippen molar-refractivity contribution in [1.82, 2.24) is 9.88 Å². The number of carbonyl (C=O) groups is 3. The fourth-order valence-corrected chi connectivity index (χ4v) is 5.74. The first-order valence-electron chi connectivity index (χ1n) is 15.7. The third-order valence-electron chi connectivity index (χ3n) is 7.81. The topological polar surface area (TPSA) is 141 Å². The van der Waals surface area contributed by atoms with E-state index in [0.717, 1.165) is 16.8 Å². The molecule has 0 aliphatic rings. The number of benzene rings is 3. The number of amides is 1. The van der Waals surface area contributed by atoms with Gasteiger partial charge in [0.05, 0.1) is 24.4 Å². The first-order chi connectivity index (χ1) is 22.5. The number of aromatic nitrogens is 1. The SMILES string of the molecule is CCOC(=O)c1ccc(CNC(=O)c2c(-c3ccccc3)c(-c3ccc(F)cc3)c(CC[C@@H](O)C[C@@H](O)CC(=O)[O-])n2C(C)C)cc1.[Na+]. The molecule has 3 aromatic carbocycles. The van der Waals surface area contributed by atoms with E-state index in [-0.39, 0.29) is 73.9 Å². The summed E-state index contributed by atoms with van der Waals surface area (Å²) in [6.45, 7) is 6.06. The maximum Gasteiger partial charge on any atom is 1.00 e. The Kier molecular flexibility index (Phi) is 14.6. The molecule has 0 aliphatic carbocycles. The van der Waals surface area contributed by atoms with Crippen LogP contribution < -0.4 is 40.0 Å². The number of carbonyl (C=O) groups excluding carboxylic acids is 3. The Balaban J connectivity index is 0.00000625. The van der Waals surface area contributed by atoms with Crippen LogP contribution in [-0.2, 0) is 22.5 Å². The van der Waals surface area contributed by atoms with E-state index in [4.69, 9.17) is 4.74 Å². The first-order valence-corrected chi connectivity index (χ1v) is 15.7. The molecule has 0 aliphatic heterocycles. The minimum atomic E-state index is -1.41. The molecule has 1 amide bonds. The molecular weight excluding hydrogens is 626 g/mol. The van der Waals surface area contributed by atoms with E-state index in [1.807, 2.05) is 48.7 Å². The second kappa shape index (κ2) is 18.1. The molecule has 3 N–H and O–H groups in total. The number of rotatable bonds is 15. The van der Waals surface area contributed by atoms with Gasteiger partial charge in [-0.1, -0.05) is 54.6 Å². The number of hydrogen-bond donors (Lipinski definition) is 3. The summed E-state index contributed by atoms with van der Waals surface area (Å²) in [5.74, 6) is -2.60. The van der Waals surface area contributed by atoms with Crippen LogP contribution in [0.15, 0.2) is 78.9 Å². The molecule has 11 heteroatoms. The van der Waals surface area contributed by atoms with Crippen LogP contribution in [-0.4, -0.2) is 51.4 Å². The van der Waals surface area contributed by atoms with Crippen LogP contribution in [0.5, 0.6) is 0 Å². The van der Waals surface area contributed by atoms with Crippen molar-refractivity contribution in [2.45, 2.75) is 71.2 Å². The maximum absolute atomic E-state index is 14.2. The molecule has 0 fully saturated rings. The summed E-state index contributed by atoms with van der Waals surface area (Å²) in [4.78, 5) is 37.2. The maximum atomic E-state index is 14.2. The number of halogens is 1. The van der Waals surface area contributed by atoms with Gasteiger partial charge in [0, 0.05) is 41.8 Å². The zero-order chi connectivity index (χ0) is 34.1. The second-order valence-corrected chi connectivity index (χ2v) is 11.6. The molecule has 0 saturated carbocycles. The Morgan fingerprint density at radius 1 is 0.896 bits per heavy atom. The van der Waals surface area contributed by atoms with Crippen LogP contribution in [0.3, 0.4) is 0 Å². The largest absolute Gasteiger partial charge is 1.00 e. The predicted octanol–water partition coefficient (Wildman–Crippen LogP) is 1.84. The van der Waals surface area contributed by atoms with Gasteiger partial charge in [-0.25, -0.2) is 9.18 Å². The van der Waals surface area contributed by atoms with Gasteiger partial charge in [-0.3, -0.25) is 4.79 Å². The molecule has 1 heterocycles. The Labute approximate surface area is 302 Å². The van der Waals surface area contributed by atoms with Crippen molar-refractivity contribution in [2.24, 2.45) is 0 Å². The van der Waals surface area contributed by atoms with Crippen molar-refractivity contribution in [1.29, 1.82) is 0 Å². The Bertz CT molecular complexity index is 1670. The molecule has 4 aromatic rings. The fraction of sp³-hybridized carbons (Fsp3) is 0.324. The zero-order valence-electron chi connectivity index (χ0n) is 27.7. The van der Waals surface area contributed by atoms with Crippen LogP contribution in [0.4, 0.5) is 4.39 Å². The number of nitrogens with zero attached hydrogens (tertiary/aromatic N) is 1. The van der Waals surface area contributed by atoms with Crippen molar-refractivity contribution in [3.05, 3.63) is 107 Å². The number of nitrogens with one attached hydrogen (secondary N) is 1. The number of hydrogen-bond acceptors (Lipinski definition) is 7. The van der Waals surface area contributed by atoms with Crippen LogP contribution in [0.25, 0.3) is 22.3 Å². The van der Waals surface area contributed by atoms with E-state index in [1.165, 1.54) is 12.1 Å². The number of aliphatic hydroxyl groups is 2. The molecule has 0 bridgehead atoms. The minimum absolute atomic E-state index is 0. The molecule has 0 saturated heterocycles. The average molecular weight is 667 g/mol. The van der Waals surface area contributed by atoms with Gasteiger partial charge in [-0.2, -0.15) is 0 Å². The van der Waals surface area contributed by atoms with Gasteiger partial charge in [-0.15, -0.1) is 0 Å². The van der Waals surface area contributed by atoms with Crippen molar-refractivity contribution < 1.29 is 68.4 Å². The van der Waals surface area contributed by atoms with Gasteiger partial charge in [0.1, 0.15) is 11.5 Å². The Morgan fingerprint density at radius 2 is 1.52 bits per heavy atom. The van der Waals surface area contributed by atoms with Crippen LogP contribution in [0.2, 0.25) is 0 Å². The quantitative estimate of drug-likeness (QED) is 0.130. The average Bonchev–Trinajstić information content (AvgIpc) is 3.39. The van der Waals surface area contributed by atoms with Gasteiger partial charge >= 0.3 is 35.5 Å². The predicted molar refractivity (Wildman–Crippen MR) is 174 cm³/mol. The van der Waals surface area contributed by atoms with Gasteiger partial charge in [0.15, 0.2) is 0 Å². The van der Waals surface area contributed by atoms with Crippen LogP contribution in [0.1, 0.15) is 78.2 Å². The van der Waals surface area contributed by atoms with Gasteiger partial charge < -0.3 is 34.7 Å². The van der Waals surface area contributed by atoms with E-state index in [9.17, 15) is 34.1 Å². The minimum Gasteiger partial charge on any atom is -0.550 e. The van der Waals surface area contributed by atoms with Gasteiger partial charge in [0.25, 0.3) is 5.91 Å². The van der Waals surface area contributed by atoms with Crippen molar-refractivity contribution >= 4 is 17.8 Å². The third kappa shape index (κ3) is 9.87. The van der Waals surface area contributed by atoms with E-state index in [2.05, 4.69) is 5.32 Å². The molecule has 248 valence electrons. The molecule has 1 aromatic heterocycles. The van der Waals surface area contributed by atoms with Crippen molar-refractivity contribution in [2.75, 3.05) is 6.61 Å². The number of esters is 1. The van der Waals surface area contributed by atoms with Gasteiger partial charge in [-0.05, 0) is 81.0 Å².